The molecule has 4 aromatic carbocycles. The summed E-state index contributed by atoms with van der Waals surface area (Å²) >= 11 is 6.72. The Morgan fingerprint density at radius 2 is 1.74 bits per heavy atom. The third-order valence-corrected chi connectivity index (χ3v) is 10.4. The van der Waals surface area contributed by atoms with Crippen molar-refractivity contribution in [2.24, 2.45) is 0 Å². The molecule has 0 aliphatic carbocycles. The van der Waals surface area contributed by atoms with E-state index in [2.05, 4.69) is 49.1 Å². The number of aliphatic carboxylic acids is 1. The number of aromatic nitrogens is 1. The van der Waals surface area contributed by atoms with Crippen LogP contribution in [0.5, 0.6) is 11.5 Å². The van der Waals surface area contributed by atoms with Crippen molar-refractivity contribution in [3.63, 3.8) is 0 Å². The number of hydrogen-bond donors (Lipinski definition) is 2. The molecule has 10 heteroatoms. The van der Waals surface area contributed by atoms with E-state index in [0.717, 1.165) is 94.7 Å². The molecule has 1 unspecified atom stereocenters. The largest absolute Gasteiger partial charge is 0.493 e. The van der Waals surface area contributed by atoms with Crippen LogP contribution in [0, 0.1) is 13.8 Å². The van der Waals surface area contributed by atoms with Gasteiger partial charge in [-0.05, 0) is 91.4 Å². The van der Waals surface area contributed by atoms with Gasteiger partial charge in [-0.3, -0.25) is 14.6 Å². The van der Waals surface area contributed by atoms with Crippen LogP contribution in [-0.4, -0.2) is 70.4 Å². The van der Waals surface area contributed by atoms with Gasteiger partial charge in [0.15, 0.2) is 5.58 Å². The molecule has 9 nitrogen and oxygen atoms in total. The molecule has 7 rings (SSSR count). The second-order valence-corrected chi connectivity index (χ2v) is 13.9. The van der Waals surface area contributed by atoms with Crippen LogP contribution in [0.3, 0.4) is 0 Å². The highest BCUT2D eigenvalue weighted by atomic mass is 35.5. The minimum Gasteiger partial charge on any atom is -0.493 e. The van der Waals surface area contributed by atoms with Crippen molar-refractivity contribution in [3.8, 4) is 34.1 Å². The van der Waals surface area contributed by atoms with Crippen molar-refractivity contribution in [1.82, 2.24) is 14.8 Å². The van der Waals surface area contributed by atoms with Crippen LogP contribution >= 0.6 is 11.6 Å². The van der Waals surface area contributed by atoms with E-state index in [0.29, 0.717) is 35.5 Å². The first-order valence-corrected chi connectivity index (χ1v) is 17.5. The minimum atomic E-state index is -0.850. The zero-order chi connectivity index (χ0) is 34.9. The van der Waals surface area contributed by atoms with Gasteiger partial charge in [0.1, 0.15) is 23.6 Å². The first-order valence-electron chi connectivity index (χ1n) is 17.1. The molecule has 0 saturated carbocycles. The molecular weight excluding hydrogens is 654 g/mol. The summed E-state index contributed by atoms with van der Waals surface area (Å²) in [5, 5.41) is 19.7. The van der Waals surface area contributed by atoms with E-state index in [4.69, 9.17) is 30.5 Å². The molecule has 2 aliphatic heterocycles. The maximum atomic E-state index is 11.3. The molecular formula is C40H42ClN3O6. The summed E-state index contributed by atoms with van der Waals surface area (Å²) in [5.41, 5.74) is 9.69. The molecule has 3 heterocycles. The number of nitrogens with zero attached hydrogens (tertiary/aromatic N) is 3. The number of carboxylic acid groups (broad SMARTS) is 1. The number of likely N-dealkylation sites (tertiary alicyclic amines) is 1. The van der Waals surface area contributed by atoms with Gasteiger partial charge >= 0.3 is 5.97 Å². The Morgan fingerprint density at radius 3 is 2.52 bits per heavy atom. The molecule has 1 saturated heterocycles. The number of ether oxygens (including phenoxy) is 2. The van der Waals surface area contributed by atoms with Gasteiger partial charge in [-0.15, -0.1) is 0 Å². The predicted octanol–water partition coefficient (Wildman–Crippen LogP) is 7.81. The number of hydrogen-bond acceptors (Lipinski definition) is 8. The van der Waals surface area contributed by atoms with Crippen molar-refractivity contribution in [3.05, 3.63) is 99.6 Å². The Labute approximate surface area is 297 Å². The van der Waals surface area contributed by atoms with Crippen molar-refractivity contribution >= 4 is 28.7 Å². The van der Waals surface area contributed by atoms with Crippen LogP contribution in [0.1, 0.15) is 53.1 Å². The molecule has 0 spiro atoms. The Kier molecular flexibility index (Phi) is 9.84. The molecule has 2 aliphatic rings. The Bertz CT molecular complexity index is 2040. The van der Waals surface area contributed by atoms with Gasteiger partial charge in [0.25, 0.3) is 0 Å². The lowest BCUT2D eigenvalue weighted by atomic mass is 9.91. The minimum absolute atomic E-state index is 0.0212. The fourth-order valence-corrected chi connectivity index (χ4v) is 7.54. The van der Waals surface area contributed by atoms with Crippen LogP contribution in [0.15, 0.2) is 71.1 Å². The summed E-state index contributed by atoms with van der Waals surface area (Å²) in [6.07, 6.45) is 2.10. The number of fused-ring (bicyclic) bond motifs is 2. The number of benzene rings is 4. The number of likely N-dealkylation sites (N-methyl/N-ethyl adjacent to an activating group) is 1. The van der Waals surface area contributed by atoms with E-state index in [1.165, 1.54) is 0 Å². The van der Waals surface area contributed by atoms with Crippen LogP contribution in [0.2, 0.25) is 5.02 Å². The normalized spacial score (nSPS) is 16.8. The summed E-state index contributed by atoms with van der Waals surface area (Å²) in [7, 11) is 1.83. The van der Waals surface area contributed by atoms with Crippen molar-refractivity contribution < 1.29 is 28.9 Å². The maximum Gasteiger partial charge on any atom is 0.317 e. The zero-order valence-corrected chi connectivity index (χ0v) is 29.4. The van der Waals surface area contributed by atoms with Gasteiger partial charge in [-0.2, -0.15) is 0 Å². The fourth-order valence-electron chi connectivity index (χ4n) is 7.26. The summed E-state index contributed by atoms with van der Waals surface area (Å²) in [6.45, 7) is 7.55. The van der Waals surface area contributed by atoms with Crippen molar-refractivity contribution in [2.75, 3.05) is 33.3 Å². The molecule has 0 amide bonds. The molecule has 0 bridgehead atoms. The molecule has 5 aromatic rings. The van der Waals surface area contributed by atoms with Gasteiger partial charge in [-0.25, -0.2) is 4.98 Å². The molecule has 1 aromatic heterocycles. The number of halogens is 1. The van der Waals surface area contributed by atoms with Crippen molar-refractivity contribution in [1.29, 1.82) is 0 Å². The second kappa shape index (κ2) is 14.4. The topological polar surface area (TPSA) is 108 Å². The molecule has 2 N–H and O–H groups in total. The first kappa shape index (κ1) is 34.1. The van der Waals surface area contributed by atoms with Crippen LogP contribution in [-0.2, 0) is 17.9 Å². The molecule has 50 heavy (non-hydrogen) atoms. The van der Waals surface area contributed by atoms with Gasteiger partial charge in [-0.1, -0.05) is 48.0 Å². The summed E-state index contributed by atoms with van der Waals surface area (Å²) in [6, 6.07) is 22.2. The lowest BCUT2D eigenvalue weighted by Gasteiger charge is -2.32. The van der Waals surface area contributed by atoms with Crippen LogP contribution in [0.25, 0.3) is 33.7 Å². The highest BCUT2D eigenvalue weighted by Crippen LogP contribution is 2.39. The number of piperidine rings is 1. The summed E-state index contributed by atoms with van der Waals surface area (Å²) < 4.78 is 18.5. The average molecular weight is 696 g/mol. The smallest absolute Gasteiger partial charge is 0.317 e. The number of rotatable bonds is 10. The monoisotopic (exact) mass is 695 g/mol. The number of aliphatic hydroxyl groups is 1. The van der Waals surface area contributed by atoms with E-state index in [-0.39, 0.29) is 18.7 Å². The van der Waals surface area contributed by atoms with Gasteiger partial charge in [0.05, 0.1) is 24.3 Å². The SMILES string of the molecule is Cc1c(COc2ccc3c(c2)OCCC3N(C)CC(=O)O)cccc1-c1cccc(-c2nc3cc(CN4CCC(O)CC4)cc(Cl)c3o2)c1C. The summed E-state index contributed by atoms with van der Waals surface area (Å²) in [5.74, 6) is 1.11. The van der Waals surface area contributed by atoms with Gasteiger partial charge in [0.2, 0.25) is 5.89 Å². The van der Waals surface area contributed by atoms with Crippen LogP contribution < -0.4 is 9.47 Å². The number of carboxylic acids is 1. The van der Waals surface area contributed by atoms with E-state index in [9.17, 15) is 15.0 Å². The zero-order valence-electron chi connectivity index (χ0n) is 28.6. The maximum absolute atomic E-state index is 11.3. The van der Waals surface area contributed by atoms with Gasteiger partial charge < -0.3 is 24.1 Å². The standard InChI is InChI=1S/C40H42ClN3O6/c1-24-27(23-49-29-10-11-33-36(43(3)22-38(46)47)14-17-48-37(33)20-29)6-4-7-30(24)31-8-5-9-32(25(31)2)40-42-35-19-26(18-34(41)39(35)50-40)21-44-15-12-28(45)13-16-44/h4-11,18-20,28,36,45H,12-17,21-23H2,1-3H3,(H,46,47). The molecule has 1 fully saturated rings. The predicted molar refractivity (Wildman–Crippen MR) is 194 cm³/mol. The lowest BCUT2D eigenvalue weighted by Crippen LogP contribution is -2.35. The average Bonchev–Trinajstić information content (AvgIpc) is 3.53. The van der Waals surface area contributed by atoms with E-state index in [1.54, 1.807) is 0 Å². The Morgan fingerprint density at radius 1 is 1.00 bits per heavy atom. The Balaban J connectivity index is 1.10. The lowest BCUT2D eigenvalue weighted by molar-refractivity contribution is -0.138. The summed E-state index contributed by atoms with van der Waals surface area (Å²) in [4.78, 5) is 20.4. The van der Waals surface area contributed by atoms with Crippen molar-refractivity contribution in [2.45, 2.75) is 58.4 Å². The first-order chi connectivity index (χ1) is 24.1. The quantitative estimate of drug-likeness (QED) is 0.151. The van der Waals surface area contributed by atoms with E-state index < -0.39 is 5.97 Å². The highest BCUT2D eigenvalue weighted by Gasteiger charge is 2.27. The Hall–Kier alpha value is -4.41. The highest BCUT2D eigenvalue weighted by molar-refractivity contribution is 6.34. The number of oxazole rings is 1. The number of carbonyl (C=O) groups is 1. The van der Waals surface area contributed by atoms with E-state index >= 15 is 0 Å². The third kappa shape index (κ3) is 7.09. The van der Waals surface area contributed by atoms with Crippen LogP contribution in [0.4, 0.5) is 0 Å². The molecule has 1 atom stereocenters. The number of aliphatic hydroxyl groups excluding tert-OH is 1. The fraction of sp³-hybridized carbons (Fsp3) is 0.350. The van der Waals surface area contributed by atoms with E-state index in [1.807, 2.05) is 48.3 Å². The third-order valence-electron chi connectivity index (χ3n) is 10.1. The molecule has 0 radical (unpaired) electrons. The second-order valence-electron chi connectivity index (χ2n) is 13.5. The molecule has 260 valence electrons. The van der Waals surface area contributed by atoms with Gasteiger partial charge in [0, 0.05) is 49.3 Å².